The topological polar surface area (TPSA) is 26.3 Å². The summed E-state index contributed by atoms with van der Waals surface area (Å²) in [6, 6.07) is 28.5. The van der Waals surface area contributed by atoms with Crippen molar-refractivity contribution < 1.29 is 9.09 Å². The summed E-state index contributed by atoms with van der Waals surface area (Å²) in [6.45, 7) is 1.89. The number of allylic oxidation sites excluding steroid dienone is 1. The monoisotopic (exact) mass is 334 g/mol. The molecule has 0 spiro atoms. The van der Waals surface area contributed by atoms with E-state index in [0.29, 0.717) is 16.4 Å². The highest BCUT2D eigenvalue weighted by Gasteiger charge is 2.30. The molecule has 2 nitrogen and oxygen atoms in total. The van der Waals surface area contributed by atoms with Gasteiger partial charge in [-0.05, 0) is 37.3 Å². The van der Waals surface area contributed by atoms with Crippen LogP contribution in [-0.2, 0) is 9.09 Å². The van der Waals surface area contributed by atoms with Gasteiger partial charge in [-0.1, -0.05) is 66.7 Å². The second-order valence-electron chi connectivity index (χ2n) is 5.33. The van der Waals surface area contributed by atoms with Crippen LogP contribution in [0.5, 0.6) is 0 Å². The van der Waals surface area contributed by atoms with Crippen LogP contribution in [0.2, 0.25) is 0 Å². The van der Waals surface area contributed by atoms with Crippen LogP contribution in [-0.4, -0.2) is 0 Å². The van der Waals surface area contributed by atoms with Crippen LogP contribution >= 0.6 is 7.37 Å². The molecule has 0 aromatic heterocycles. The van der Waals surface area contributed by atoms with E-state index in [1.165, 1.54) is 0 Å². The summed E-state index contributed by atoms with van der Waals surface area (Å²) in [5, 5.41) is 1.37. The summed E-state index contributed by atoms with van der Waals surface area (Å²) < 4.78 is 20.1. The molecular formula is C21H19O2P. The summed E-state index contributed by atoms with van der Waals surface area (Å²) in [7, 11) is -3.23. The first kappa shape index (κ1) is 16.3. The second kappa shape index (κ2) is 7.33. The molecule has 3 rings (SSSR count). The molecule has 0 radical (unpaired) electrons. The molecule has 0 aliphatic carbocycles. The van der Waals surface area contributed by atoms with Gasteiger partial charge in [-0.2, -0.15) is 0 Å². The van der Waals surface area contributed by atoms with Crippen molar-refractivity contribution in [2.45, 2.75) is 6.92 Å². The molecule has 0 atom stereocenters. The molecule has 3 aromatic rings. The molecular weight excluding hydrogens is 315 g/mol. The van der Waals surface area contributed by atoms with E-state index in [2.05, 4.69) is 0 Å². The van der Waals surface area contributed by atoms with Gasteiger partial charge in [0.25, 0.3) is 0 Å². The Labute approximate surface area is 142 Å². The molecule has 3 aromatic carbocycles. The zero-order valence-electron chi connectivity index (χ0n) is 13.5. The van der Waals surface area contributed by atoms with Crippen LogP contribution in [0.3, 0.4) is 0 Å². The molecule has 0 fully saturated rings. The smallest absolute Gasteiger partial charge is 0.306 e. The van der Waals surface area contributed by atoms with Gasteiger partial charge < -0.3 is 4.52 Å². The molecule has 0 bridgehead atoms. The summed E-state index contributed by atoms with van der Waals surface area (Å²) >= 11 is 0. The van der Waals surface area contributed by atoms with Gasteiger partial charge >= 0.3 is 7.37 Å². The maximum atomic E-state index is 13.9. The van der Waals surface area contributed by atoms with Crippen molar-refractivity contribution in [2.24, 2.45) is 0 Å². The first-order valence-corrected chi connectivity index (χ1v) is 9.49. The number of rotatable bonds is 5. The minimum Gasteiger partial charge on any atom is -0.437 e. The van der Waals surface area contributed by atoms with Crippen molar-refractivity contribution in [1.82, 2.24) is 0 Å². The maximum Gasteiger partial charge on any atom is 0.306 e. The average molecular weight is 334 g/mol. The van der Waals surface area contributed by atoms with Crippen LogP contribution in [0.15, 0.2) is 97.1 Å². The number of benzene rings is 3. The van der Waals surface area contributed by atoms with E-state index in [4.69, 9.17) is 4.52 Å². The standard InChI is InChI=1S/C21H19O2P/c1-2-21(18-12-6-3-7-13-18)23-24(22,19-14-8-4-9-15-19)20-16-10-5-11-17-20/h2-17H,1H3/b21-2-. The first-order chi connectivity index (χ1) is 11.7. The predicted molar refractivity (Wildman–Crippen MR) is 101 cm³/mol. The van der Waals surface area contributed by atoms with Crippen molar-refractivity contribution in [3.8, 4) is 0 Å². The highest BCUT2D eigenvalue weighted by molar-refractivity contribution is 7.74. The zero-order chi connectivity index (χ0) is 16.8. The van der Waals surface area contributed by atoms with E-state index in [1.807, 2.05) is 104 Å². The molecule has 0 aliphatic heterocycles. The first-order valence-electron chi connectivity index (χ1n) is 7.86. The molecule has 0 heterocycles. The molecule has 3 heteroatoms. The molecule has 0 saturated heterocycles. The zero-order valence-corrected chi connectivity index (χ0v) is 14.4. The van der Waals surface area contributed by atoms with Crippen molar-refractivity contribution in [2.75, 3.05) is 0 Å². The van der Waals surface area contributed by atoms with Gasteiger partial charge in [0.15, 0.2) is 0 Å². The highest BCUT2D eigenvalue weighted by Crippen LogP contribution is 2.48. The van der Waals surface area contributed by atoms with E-state index < -0.39 is 7.37 Å². The number of hydrogen-bond acceptors (Lipinski definition) is 2. The van der Waals surface area contributed by atoms with Crippen LogP contribution < -0.4 is 10.6 Å². The van der Waals surface area contributed by atoms with Gasteiger partial charge in [-0.25, -0.2) is 0 Å². The third-order valence-electron chi connectivity index (χ3n) is 3.74. The van der Waals surface area contributed by atoms with Crippen LogP contribution in [0.25, 0.3) is 5.76 Å². The number of hydrogen-bond donors (Lipinski definition) is 0. The van der Waals surface area contributed by atoms with E-state index in [9.17, 15) is 4.57 Å². The van der Waals surface area contributed by atoms with Gasteiger partial charge in [0.1, 0.15) is 5.76 Å². The van der Waals surface area contributed by atoms with Crippen LogP contribution in [0, 0.1) is 0 Å². The van der Waals surface area contributed by atoms with E-state index in [-0.39, 0.29) is 0 Å². The minimum absolute atomic E-state index is 0.617. The molecule has 120 valence electrons. The Morgan fingerprint density at radius 2 is 1.17 bits per heavy atom. The SMILES string of the molecule is C/C=C(\OP(=O)(c1ccccc1)c1ccccc1)c1ccccc1. The van der Waals surface area contributed by atoms with E-state index in [0.717, 1.165) is 5.56 Å². The summed E-state index contributed by atoms with van der Waals surface area (Å²) in [4.78, 5) is 0. The normalized spacial score (nSPS) is 12.0. The van der Waals surface area contributed by atoms with E-state index >= 15 is 0 Å². The van der Waals surface area contributed by atoms with Gasteiger partial charge in [-0.15, -0.1) is 0 Å². The van der Waals surface area contributed by atoms with Crippen molar-refractivity contribution in [3.05, 3.63) is 103 Å². The summed E-state index contributed by atoms with van der Waals surface area (Å²) in [6.07, 6.45) is 1.86. The van der Waals surface area contributed by atoms with Gasteiger partial charge in [0.05, 0.1) is 10.6 Å². The fraction of sp³-hybridized carbons (Fsp3) is 0.0476. The fourth-order valence-electron chi connectivity index (χ4n) is 2.52. The van der Waals surface area contributed by atoms with Gasteiger partial charge in [-0.3, -0.25) is 4.57 Å². The molecule has 0 amide bonds. The Morgan fingerprint density at radius 1 is 0.750 bits per heavy atom. The molecule has 0 N–H and O–H groups in total. The molecule has 24 heavy (non-hydrogen) atoms. The van der Waals surface area contributed by atoms with Crippen molar-refractivity contribution >= 4 is 23.7 Å². The Morgan fingerprint density at radius 3 is 1.58 bits per heavy atom. The third-order valence-corrected chi connectivity index (χ3v) is 6.15. The van der Waals surface area contributed by atoms with Gasteiger partial charge in [0, 0.05) is 5.56 Å². The van der Waals surface area contributed by atoms with E-state index in [1.54, 1.807) is 0 Å². The lowest BCUT2D eigenvalue weighted by atomic mass is 10.2. The fourth-order valence-corrected chi connectivity index (χ4v) is 4.64. The quantitative estimate of drug-likeness (QED) is 0.485. The third kappa shape index (κ3) is 3.34. The summed E-state index contributed by atoms with van der Waals surface area (Å²) in [5.41, 5.74) is 0.909. The lowest BCUT2D eigenvalue weighted by Crippen LogP contribution is -2.17. The minimum atomic E-state index is -3.23. The summed E-state index contributed by atoms with van der Waals surface area (Å²) in [5.74, 6) is 0.617. The molecule has 0 unspecified atom stereocenters. The maximum absolute atomic E-state index is 13.9. The lowest BCUT2D eigenvalue weighted by molar-refractivity contribution is 0.480. The Bertz CT molecular complexity index is 813. The second-order valence-corrected chi connectivity index (χ2v) is 7.65. The average Bonchev–Trinajstić information content (AvgIpc) is 2.68. The van der Waals surface area contributed by atoms with Crippen LogP contribution in [0.1, 0.15) is 12.5 Å². The van der Waals surface area contributed by atoms with Gasteiger partial charge in [0.2, 0.25) is 0 Å². The predicted octanol–water partition coefficient (Wildman–Crippen LogP) is 4.99. The Hall–Kier alpha value is -2.57. The largest absolute Gasteiger partial charge is 0.437 e. The molecule has 0 saturated carbocycles. The van der Waals surface area contributed by atoms with Crippen molar-refractivity contribution in [3.63, 3.8) is 0 Å². The lowest BCUT2D eigenvalue weighted by Gasteiger charge is -2.22. The Kier molecular flexibility index (Phi) is 4.98. The molecule has 0 aliphatic rings. The van der Waals surface area contributed by atoms with Crippen molar-refractivity contribution in [1.29, 1.82) is 0 Å². The Balaban J connectivity index is 2.08. The highest BCUT2D eigenvalue weighted by atomic mass is 31.2. The van der Waals surface area contributed by atoms with Crippen LogP contribution in [0.4, 0.5) is 0 Å².